The van der Waals surface area contributed by atoms with Gasteiger partial charge in [-0.25, -0.2) is 0 Å². The molecule has 2 aromatic rings. The molecule has 1 aromatic carbocycles. The molecule has 4 heteroatoms. The second kappa shape index (κ2) is 6.78. The zero-order valence-electron chi connectivity index (χ0n) is 12.2. The summed E-state index contributed by atoms with van der Waals surface area (Å²) in [4.78, 5) is 12.0. The van der Waals surface area contributed by atoms with E-state index in [1.54, 1.807) is 23.8 Å². The SMILES string of the molecule is COc1ccc(C#CCN)c(Cn2c(C)cccc2=O)c1. The zero-order chi connectivity index (χ0) is 15.2. The van der Waals surface area contributed by atoms with E-state index in [2.05, 4.69) is 11.8 Å². The molecule has 21 heavy (non-hydrogen) atoms. The molecule has 0 aliphatic heterocycles. The third kappa shape index (κ3) is 3.53. The van der Waals surface area contributed by atoms with E-state index in [1.165, 1.54) is 0 Å². The maximum absolute atomic E-state index is 12.0. The molecule has 108 valence electrons. The lowest BCUT2D eigenvalue weighted by Gasteiger charge is -2.12. The summed E-state index contributed by atoms with van der Waals surface area (Å²) in [7, 11) is 1.62. The fourth-order valence-corrected chi connectivity index (χ4v) is 2.09. The van der Waals surface area contributed by atoms with Gasteiger partial charge in [0.1, 0.15) is 5.75 Å². The lowest BCUT2D eigenvalue weighted by atomic mass is 10.1. The number of nitrogens with two attached hydrogens (primary N) is 1. The van der Waals surface area contributed by atoms with Crippen molar-refractivity contribution in [1.29, 1.82) is 0 Å². The minimum Gasteiger partial charge on any atom is -0.497 e. The van der Waals surface area contributed by atoms with E-state index < -0.39 is 0 Å². The van der Waals surface area contributed by atoms with Crippen LogP contribution in [-0.4, -0.2) is 18.2 Å². The fraction of sp³-hybridized carbons (Fsp3) is 0.235. The summed E-state index contributed by atoms with van der Waals surface area (Å²) in [6, 6.07) is 10.9. The topological polar surface area (TPSA) is 57.2 Å². The third-order valence-electron chi connectivity index (χ3n) is 3.23. The quantitative estimate of drug-likeness (QED) is 0.868. The second-order valence-electron chi connectivity index (χ2n) is 4.62. The summed E-state index contributed by atoms with van der Waals surface area (Å²) in [6.07, 6.45) is 0. The first-order valence-corrected chi connectivity index (χ1v) is 6.68. The fourth-order valence-electron chi connectivity index (χ4n) is 2.09. The van der Waals surface area contributed by atoms with Crippen LogP contribution >= 0.6 is 0 Å². The van der Waals surface area contributed by atoms with E-state index in [0.717, 1.165) is 22.6 Å². The third-order valence-corrected chi connectivity index (χ3v) is 3.23. The highest BCUT2D eigenvalue weighted by molar-refractivity contribution is 5.45. The average molecular weight is 282 g/mol. The van der Waals surface area contributed by atoms with Crippen LogP contribution in [0.1, 0.15) is 16.8 Å². The molecule has 1 heterocycles. The van der Waals surface area contributed by atoms with Crippen LogP contribution in [0.3, 0.4) is 0 Å². The van der Waals surface area contributed by atoms with Gasteiger partial charge in [0.05, 0.1) is 20.2 Å². The van der Waals surface area contributed by atoms with Gasteiger partial charge in [-0.3, -0.25) is 4.79 Å². The van der Waals surface area contributed by atoms with Gasteiger partial charge in [-0.1, -0.05) is 17.9 Å². The Bertz CT molecular complexity index is 751. The molecule has 2 N–H and O–H groups in total. The smallest absolute Gasteiger partial charge is 0.251 e. The Morgan fingerprint density at radius 1 is 1.29 bits per heavy atom. The van der Waals surface area contributed by atoms with Crippen molar-refractivity contribution in [3.05, 3.63) is 63.6 Å². The minimum atomic E-state index is -0.0319. The van der Waals surface area contributed by atoms with Crippen molar-refractivity contribution in [2.75, 3.05) is 13.7 Å². The standard InChI is InChI=1S/C17H18N2O2/c1-13-5-3-7-17(20)19(13)12-15-11-16(21-2)9-8-14(15)6-4-10-18/h3,5,7-9,11H,10,12,18H2,1-2H3. The number of aromatic nitrogens is 1. The van der Waals surface area contributed by atoms with Crippen molar-refractivity contribution < 1.29 is 4.74 Å². The van der Waals surface area contributed by atoms with Gasteiger partial charge < -0.3 is 15.0 Å². The van der Waals surface area contributed by atoms with Gasteiger partial charge in [0, 0.05) is 17.3 Å². The molecule has 2 rings (SSSR count). The largest absolute Gasteiger partial charge is 0.497 e. The number of hydrogen-bond acceptors (Lipinski definition) is 3. The van der Waals surface area contributed by atoms with Crippen LogP contribution in [0.5, 0.6) is 5.75 Å². The van der Waals surface area contributed by atoms with Crippen LogP contribution in [0, 0.1) is 18.8 Å². The van der Waals surface area contributed by atoms with Crippen LogP contribution < -0.4 is 16.0 Å². The summed E-state index contributed by atoms with van der Waals surface area (Å²) in [5, 5.41) is 0. The van der Waals surface area contributed by atoms with Crippen molar-refractivity contribution in [2.45, 2.75) is 13.5 Å². The van der Waals surface area contributed by atoms with Gasteiger partial charge in [0.2, 0.25) is 0 Å². The van der Waals surface area contributed by atoms with Crippen molar-refractivity contribution in [3.8, 4) is 17.6 Å². The molecular weight excluding hydrogens is 264 g/mol. The number of pyridine rings is 1. The lowest BCUT2D eigenvalue weighted by Crippen LogP contribution is -2.21. The molecule has 0 radical (unpaired) electrons. The van der Waals surface area contributed by atoms with Crippen molar-refractivity contribution >= 4 is 0 Å². The first-order chi connectivity index (χ1) is 10.2. The minimum absolute atomic E-state index is 0.0319. The number of benzene rings is 1. The van der Waals surface area contributed by atoms with Crippen LogP contribution in [0.2, 0.25) is 0 Å². The Hall–Kier alpha value is -2.51. The molecule has 0 bridgehead atoms. The number of methoxy groups -OCH3 is 1. The van der Waals surface area contributed by atoms with E-state index in [-0.39, 0.29) is 5.56 Å². The summed E-state index contributed by atoms with van der Waals surface area (Å²) in [5.41, 5.74) is 8.10. The Morgan fingerprint density at radius 2 is 2.10 bits per heavy atom. The Morgan fingerprint density at radius 3 is 2.76 bits per heavy atom. The molecule has 1 aromatic heterocycles. The number of nitrogens with zero attached hydrogens (tertiary/aromatic N) is 1. The maximum Gasteiger partial charge on any atom is 0.251 e. The van der Waals surface area contributed by atoms with Gasteiger partial charge in [-0.05, 0) is 36.8 Å². The number of ether oxygens (including phenoxy) is 1. The monoisotopic (exact) mass is 282 g/mol. The average Bonchev–Trinajstić information content (AvgIpc) is 2.49. The Kier molecular flexibility index (Phi) is 4.81. The molecule has 4 nitrogen and oxygen atoms in total. The van der Waals surface area contributed by atoms with E-state index in [1.807, 2.05) is 31.2 Å². The van der Waals surface area contributed by atoms with Gasteiger partial charge in [0.25, 0.3) is 5.56 Å². The highest BCUT2D eigenvalue weighted by Gasteiger charge is 2.06. The maximum atomic E-state index is 12.0. The lowest BCUT2D eigenvalue weighted by molar-refractivity contribution is 0.414. The molecule has 0 atom stereocenters. The molecule has 0 spiro atoms. The van der Waals surface area contributed by atoms with Crippen molar-refractivity contribution in [1.82, 2.24) is 4.57 Å². The van der Waals surface area contributed by atoms with E-state index >= 15 is 0 Å². The molecule has 0 fully saturated rings. The Balaban J connectivity index is 2.48. The molecule has 0 saturated heterocycles. The first-order valence-electron chi connectivity index (χ1n) is 6.68. The molecule has 0 unspecified atom stereocenters. The van der Waals surface area contributed by atoms with E-state index in [9.17, 15) is 4.79 Å². The number of hydrogen-bond donors (Lipinski definition) is 1. The first kappa shape index (κ1) is 14.9. The van der Waals surface area contributed by atoms with Crippen molar-refractivity contribution in [2.24, 2.45) is 5.73 Å². The van der Waals surface area contributed by atoms with Gasteiger partial charge in [-0.2, -0.15) is 0 Å². The number of rotatable bonds is 3. The normalized spacial score (nSPS) is 9.86. The van der Waals surface area contributed by atoms with E-state index in [0.29, 0.717) is 13.1 Å². The van der Waals surface area contributed by atoms with E-state index in [4.69, 9.17) is 10.5 Å². The summed E-state index contributed by atoms with van der Waals surface area (Å²) in [6.45, 7) is 2.67. The van der Waals surface area contributed by atoms with Crippen LogP contribution in [0.15, 0.2) is 41.2 Å². The second-order valence-corrected chi connectivity index (χ2v) is 4.62. The molecule has 0 aliphatic rings. The highest BCUT2D eigenvalue weighted by Crippen LogP contribution is 2.18. The molecular formula is C17H18N2O2. The van der Waals surface area contributed by atoms with Gasteiger partial charge in [-0.15, -0.1) is 0 Å². The molecule has 0 amide bonds. The van der Waals surface area contributed by atoms with Crippen LogP contribution in [0.4, 0.5) is 0 Å². The zero-order valence-corrected chi connectivity index (χ0v) is 12.2. The molecule has 0 saturated carbocycles. The highest BCUT2D eigenvalue weighted by atomic mass is 16.5. The summed E-state index contributed by atoms with van der Waals surface area (Å²) < 4.78 is 6.96. The predicted octanol–water partition coefficient (Wildman–Crippen LogP) is 1.52. The van der Waals surface area contributed by atoms with Crippen molar-refractivity contribution in [3.63, 3.8) is 0 Å². The van der Waals surface area contributed by atoms with Crippen LogP contribution in [-0.2, 0) is 6.54 Å². The molecule has 0 aliphatic carbocycles. The van der Waals surface area contributed by atoms with Gasteiger partial charge in [0.15, 0.2) is 0 Å². The van der Waals surface area contributed by atoms with Gasteiger partial charge >= 0.3 is 0 Å². The van der Waals surface area contributed by atoms with Crippen LogP contribution in [0.25, 0.3) is 0 Å². The Labute approximate surface area is 124 Å². The summed E-state index contributed by atoms with van der Waals surface area (Å²) in [5.74, 6) is 6.63. The number of aryl methyl sites for hydroxylation is 1. The summed E-state index contributed by atoms with van der Waals surface area (Å²) >= 11 is 0. The predicted molar refractivity (Wildman–Crippen MR) is 83.5 cm³/mol.